The highest BCUT2D eigenvalue weighted by atomic mass is 16.2. The molecule has 5 nitrogen and oxygen atoms in total. The van der Waals surface area contributed by atoms with E-state index in [0.29, 0.717) is 24.6 Å². The maximum Gasteiger partial charge on any atom is 0.255 e. The molecule has 1 aromatic carbocycles. The Kier molecular flexibility index (Phi) is 5.28. The van der Waals surface area contributed by atoms with Crippen LogP contribution in [0.3, 0.4) is 0 Å². The van der Waals surface area contributed by atoms with Crippen LogP contribution < -0.4 is 0 Å². The Morgan fingerprint density at radius 2 is 1.71 bits per heavy atom. The minimum absolute atomic E-state index is 0.0577. The molecule has 31 heavy (non-hydrogen) atoms. The third kappa shape index (κ3) is 3.35. The topological polar surface area (TPSA) is 53.5 Å². The Bertz CT molecular complexity index is 960. The highest BCUT2D eigenvalue weighted by Crippen LogP contribution is 2.59. The first-order valence-electron chi connectivity index (χ1n) is 11.7. The largest absolute Gasteiger partial charge is 0.338 e. The molecule has 1 aliphatic carbocycles. The van der Waals surface area contributed by atoms with Crippen LogP contribution in [0.1, 0.15) is 72.6 Å². The summed E-state index contributed by atoms with van der Waals surface area (Å²) in [5.41, 5.74) is 2.54. The first kappa shape index (κ1) is 20.2. The van der Waals surface area contributed by atoms with Gasteiger partial charge in [0.05, 0.1) is 17.0 Å². The Balaban J connectivity index is 1.33. The zero-order valence-electron chi connectivity index (χ0n) is 18.3. The molecule has 5 rings (SSSR count). The lowest BCUT2D eigenvalue weighted by atomic mass is 9.59. The molecule has 0 N–H and O–H groups in total. The van der Waals surface area contributed by atoms with Gasteiger partial charge in [0.15, 0.2) is 0 Å². The van der Waals surface area contributed by atoms with Crippen molar-refractivity contribution >= 4 is 11.8 Å². The fourth-order valence-electron chi connectivity index (χ4n) is 6.08. The van der Waals surface area contributed by atoms with Gasteiger partial charge in [0, 0.05) is 31.0 Å². The third-order valence-corrected chi connectivity index (χ3v) is 7.71. The Hall–Kier alpha value is -2.69. The molecule has 2 amide bonds. The summed E-state index contributed by atoms with van der Waals surface area (Å²) in [6.45, 7) is 3.26. The molecule has 0 bridgehead atoms. The first-order valence-corrected chi connectivity index (χ1v) is 11.7. The van der Waals surface area contributed by atoms with Gasteiger partial charge in [-0.2, -0.15) is 0 Å². The third-order valence-electron chi connectivity index (χ3n) is 7.71. The maximum absolute atomic E-state index is 13.5. The zero-order valence-corrected chi connectivity index (χ0v) is 18.3. The Labute approximate surface area is 184 Å². The molecule has 162 valence electrons. The molecule has 0 radical (unpaired) electrons. The van der Waals surface area contributed by atoms with Crippen molar-refractivity contribution in [3.63, 3.8) is 0 Å². The van der Waals surface area contributed by atoms with Gasteiger partial charge in [-0.15, -0.1) is 0 Å². The SMILES string of the molecule is Cc1ncccc1C(=O)N1CCC(N2C(=O)C3(CCCCC3)C2c2ccccc2)CC1. The quantitative estimate of drug-likeness (QED) is 0.690. The van der Waals surface area contributed by atoms with Crippen molar-refractivity contribution < 1.29 is 9.59 Å². The minimum Gasteiger partial charge on any atom is -0.338 e. The van der Waals surface area contributed by atoms with Gasteiger partial charge in [-0.05, 0) is 50.3 Å². The number of hydrogen-bond acceptors (Lipinski definition) is 3. The van der Waals surface area contributed by atoms with Crippen LogP contribution in [0.4, 0.5) is 0 Å². The summed E-state index contributed by atoms with van der Waals surface area (Å²) in [5.74, 6) is 0.413. The van der Waals surface area contributed by atoms with E-state index in [9.17, 15) is 9.59 Å². The summed E-state index contributed by atoms with van der Waals surface area (Å²) in [5, 5.41) is 0. The molecule has 1 aromatic heterocycles. The lowest BCUT2D eigenvalue weighted by Crippen LogP contribution is -2.67. The minimum atomic E-state index is -0.195. The predicted octanol–water partition coefficient (Wildman–Crippen LogP) is 4.53. The van der Waals surface area contributed by atoms with Gasteiger partial charge in [-0.1, -0.05) is 49.6 Å². The van der Waals surface area contributed by atoms with Crippen LogP contribution >= 0.6 is 0 Å². The number of carbonyl (C=O) groups is 2. The number of amides is 2. The molecule has 1 spiro atoms. The molecule has 5 heteroatoms. The summed E-state index contributed by atoms with van der Waals surface area (Å²) in [4.78, 5) is 34.9. The molecule has 2 saturated heterocycles. The summed E-state index contributed by atoms with van der Waals surface area (Å²) in [6.07, 6.45) is 8.98. The Morgan fingerprint density at radius 1 is 1.00 bits per heavy atom. The lowest BCUT2D eigenvalue weighted by Gasteiger charge is -2.61. The van der Waals surface area contributed by atoms with E-state index in [0.717, 1.165) is 44.2 Å². The molecule has 2 aliphatic heterocycles. The highest BCUT2D eigenvalue weighted by Gasteiger charge is 2.62. The summed E-state index contributed by atoms with van der Waals surface area (Å²) >= 11 is 0. The molecular formula is C26H31N3O2. The molecule has 3 heterocycles. The molecule has 3 fully saturated rings. The van der Waals surface area contributed by atoms with Crippen LogP contribution in [0.5, 0.6) is 0 Å². The van der Waals surface area contributed by atoms with E-state index < -0.39 is 0 Å². The number of aromatic nitrogens is 1. The number of benzene rings is 1. The van der Waals surface area contributed by atoms with Crippen molar-refractivity contribution in [3.05, 3.63) is 65.5 Å². The lowest BCUT2D eigenvalue weighted by molar-refractivity contribution is -0.186. The van der Waals surface area contributed by atoms with Crippen LogP contribution in [0, 0.1) is 12.3 Å². The summed E-state index contributed by atoms with van der Waals surface area (Å²) in [7, 11) is 0. The van der Waals surface area contributed by atoms with E-state index in [4.69, 9.17) is 0 Å². The molecule has 1 saturated carbocycles. The maximum atomic E-state index is 13.5. The molecule has 1 atom stereocenters. The standard InChI is InChI=1S/C26H31N3O2/c1-19-22(11-8-16-27-19)24(30)28-17-12-21(13-18-28)29-23(20-9-4-2-5-10-20)26(25(29)31)14-6-3-7-15-26/h2,4-5,8-11,16,21,23H,3,6-7,12-15,17-18H2,1H3. The van der Waals surface area contributed by atoms with Gasteiger partial charge in [-0.25, -0.2) is 0 Å². The second kappa shape index (κ2) is 8.10. The number of β-lactam (4-membered cyclic amide) rings is 1. The highest BCUT2D eigenvalue weighted by molar-refractivity contribution is 5.95. The van der Waals surface area contributed by atoms with Crippen molar-refractivity contribution in [1.29, 1.82) is 0 Å². The van der Waals surface area contributed by atoms with Gasteiger partial charge < -0.3 is 9.80 Å². The fourth-order valence-corrected chi connectivity index (χ4v) is 6.08. The Morgan fingerprint density at radius 3 is 2.39 bits per heavy atom. The van der Waals surface area contributed by atoms with E-state index in [2.05, 4.69) is 34.1 Å². The van der Waals surface area contributed by atoms with Crippen molar-refractivity contribution in [2.45, 2.75) is 64.0 Å². The van der Waals surface area contributed by atoms with E-state index in [1.807, 2.05) is 30.0 Å². The van der Waals surface area contributed by atoms with Gasteiger partial charge in [0.2, 0.25) is 5.91 Å². The van der Waals surface area contributed by atoms with Crippen LogP contribution in [0.15, 0.2) is 48.7 Å². The van der Waals surface area contributed by atoms with Crippen molar-refractivity contribution in [2.24, 2.45) is 5.41 Å². The average molecular weight is 418 g/mol. The number of nitrogens with zero attached hydrogens (tertiary/aromatic N) is 3. The van der Waals surface area contributed by atoms with Crippen LogP contribution in [0.25, 0.3) is 0 Å². The number of rotatable bonds is 3. The number of pyridine rings is 1. The number of likely N-dealkylation sites (tertiary alicyclic amines) is 2. The van der Waals surface area contributed by atoms with Crippen molar-refractivity contribution in [1.82, 2.24) is 14.8 Å². The second-order valence-electron chi connectivity index (χ2n) is 9.40. The van der Waals surface area contributed by atoms with Gasteiger partial charge in [0.1, 0.15) is 0 Å². The number of aryl methyl sites for hydroxylation is 1. The van der Waals surface area contributed by atoms with Crippen LogP contribution in [-0.2, 0) is 4.79 Å². The van der Waals surface area contributed by atoms with E-state index in [-0.39, 0.29) is 23.4 Å². The number of carbonyl (C=O) groups excluding carboxylic acids is 2. The van der Waals surface area contributed by atoms with Gasteiger partial charge >= 0.3 is 0 Å². The van der Waals surface area contributed by atoms with Crippen LogP contribution in [0.2, 0.25) is 0 Å². The van der Waals surface area contributed by atoms with Crippen molar-refractivity contribution in [2.75, 3.05) is 13.1 Å². The van der Waals surface area contributed by atoms with Gasteiger partial charge in [0.25, 0.3) is 5.91 Å². The smallest absolute Gasteiger partial charge is 0.255 e. The van der Waals surface area contributed by atoms with Crippen molar-refractivity contribution in [3.8, 4) is 0 Å². The predicted molar refractivity (Wildman–Crippen MR) is 119 cm³/mol. The summed E-state index contributed by atoms with van der Waals surface area (Å²) < 4.78 is 0. The van der Waals surface area contributed by atoms with E-state index in [1.54, 1.807) is 6.20 Å². The summed E-state index contributed by atoms with van der Waals surface area (Å²) in [6, 6.07) is 14.7. The normalized spacial score (nSPS) is 23.6. The van der Waals surface area contributed by atoms with E-state index in [1.165, 1.54) is 12.0 Å². The first-order chi connectivity index (χ1) is 15.1. The fraction of sp³-hybridized carbons (Fsp3) is 0.500. The second-order valence-corrected chi connectivity index (χ2v) is 9.40. The number of hydrogen-bond donors (Lipinski definition) is 0. The monoisotopic (exact) mass is 417 g/mol. The average Bonchev–Trinajstić information content (AvgIpc) is 2.83. The molecular weight excluding hydrogens is 386 g/mol. The molecule has 1 unspecified atom stereocenters. The zero-order chi connectivity index (χ0) is 21.4. The van der Waals surface area contributed by atoms with Gasteiger partial charge in [-0.3, -0.25) is 14.6 Å². The molecule has 3 aliphatic rings. The van der Waals surface area contributed by atoms with Crippen LogP contribution in [-0.4, -0.2) is 45.7 Å². The van der Waals surface area contributed by atoms with E-state index >= 15 is 0 Å². The molecule has 2 aromatic rings. The number of piperidine rings is 1.